The molecule has 1 N–H and O–H groups in total. The van der Waals surface area contributed by atoms with Crippen molar-refractivity contribution in [3.63, 3.8) is 0 Å². The monoisotopic (exact) mass is 243 g/mol. The molecule has 0 saturated heterocycles. The highest BCUT2D eigenvalue weighted by Gasteiger charge is 2.16. The van der Waals surface area contributed by atoms with Gasteiger partial charge in [-0.1, -0.05) is 6.92 Å². The van der Waals surface area contributed by atoms with E-state index in [9.17, 15) is 8.42 Å². The van der Waals surface area contributed by atoms with Gasteiger partial charge < -0.3 is 4.98 Å². The summed E-state index contributed by atoms with van der Waals surface area (Å²) in [5.74, 6) is 0. The number of hydrogen-bond acceptors (Lipinski definition) is 2. The number of halogens is 1. The zero-order chi connectivity index (χ0) is 11.1. The van der Waals surface area contributed by atoms with Crippen molar-refractivity contribution < 1.29 is 8.42 Å². The van der Waals surface area contributed by atoms with Crippen LogP contribution in [0.2, 0.25) is 0 Å². The first kappa shape index (κ1) is 10.5. The first-order chi connectivity index (χ1) is 7.04. The molecule has 0 aliphatic heterocycles. The summed E-state index contributed by atoms with van der Waals surface area (Å²) >= 11 is 0. The van der Waals surface area contributed by atoms with E-state index in [1.807, 2.05) is 13.0 Å². The molecule has 1 heterocycles. The van der Waals surface area contributed by atoms with Gasteiger partial charge in [-0.25, -0.2) is 8.42 Å². The van der Waals surface area contributed by atoms with Crippen molar-refractivity contribution in [3.05, 3.63) is 30.0 Å². The summed E-state index contributed by atoms with van der Waals surface area (Å²) in [6, 6.07) is 5.13. The first-order valence-electron chi connectivity index (χ1n) is 4.57. The quantitative estimate of drug-likeness (QED) is 0.825. The standard InChI is InChI=1S/C10H10ClNO2S/c1-2-7-8-5-6-12-9(8)3-4-10(7)15(11,13)14/h3-6,12H,2H2,1H3. The largest absolute Gasteiger partial charge is 0.361 e. The van der Waals surface area contributed by atoms with E-state index in [2.05, 4.69) is 4.98 Å². The molecule has 80 valence electrons. The molecular weight excluding hydrogens is 234 g/mol. The van der Waals surface area contributed by atoms with Gasteiger partial charge in [0.05, 0.1) is 4.90 Å². The number of aromatic nitrogens is 1. The zero-order valence-electron chi connectivity index (χ0n) is 8.12. The van der Waals surface area contributed by atoms with Crippen molar-refractivity contribution in [2.75, 3.05) is 0 Å². The molecule has 0 spiro atoms. The molecule has 0 saturated carbocycles. The molecule has 2 aromatic rings. The van der Waals surface area contributed by atoms with E-state index < -0.39 is 9.05 Å². The van der Waals surface area contributed by atoms with E-state index in [1.54, 1.807) is 18.3 Å². The summed E-state index contributed by atoms with van der Waals surface area (Å²) in [6.45, 7) is 1.91. The highest BCUT2D eigenvalue weighted by atomic mass is 35.7. The predicted octanol–water partition coefficient (Wildman–Crippen LogP) is 2.66. The normalized spacial score (nSPS) is 12.1. The van der Waals surface area contributed by atoms with Crippen molar-refractivity contribution in [2.45, 2.75) is 18.2 Å². The number of fused-ring (bicyclic) bond motifs is 1. The SMILES string of the molecule is CCc1c(S(=O)(=O)Cl)ccc2[nH]ccc12. The number of nitrogens with one attached hydrogen (secondary N) is 1. The molecule has 2 rings (SSSR count). The molecule has 0 radical (unpaired) electrons. The van der Waals surface area contributed by atoms with Crippen LogP contribution in [0.4, 0.5) is 0 Å². The highest BCUT2D eigenvalue weighted by molar-refractivity contribution is 8.13. The van der Waals surface area contributed by atoms with Crippen LogP contribution >= 0.6 is 10.7 Å². The van der Waals surface area contributed by atoms with Gasteiger partial charge in [-0.3, -0.25) is 0 Å². The fraction of sp³-hybridized carbons (Fsp3) is 0.200. The number of hydrogen-bond donors (Lipinski definition) is 1. The molecule has 3 nitrogen and oxygen atoms in total. The van der Waals surface area contributed by atoms with Gasteiger partial charge in [0.25, 0.3) is 9.05 Å². The van der Waals surface area contributed by atoms with Gasteiger partial charge in [-0.15, -0.1) is 0 Å². The fourth-order valence-electron chi connectivity index (χ4n) is 1.77. The number of aryl methyl sites for hydroxylation is 1. The Morgan fingerprint density at radius 3 is 2.67 bits per heavy atom. The molecule has 15 heavy (non-hydrogen) atoms. The molecule has 0 atom stereocenters. The molecule has 1 aromatic carbocycles. The third-order valence-electron chi connectivity index (χ3n) is 2.42. The van der Waals surface area contributed by atoms with Crippen LogP contribution in [0.25, 0.3) is 10.9 Å². The van der Waals surface area contributed by atoms with Gasteiger partial charge in [0.2, 0.25) is 0 Å². The zero-order valence-corrected chi connectivity index (χ0v) is 9.69. The van der Waals surface area contributed by atoms with Crippen molar-refractivity contribution in [2.24, 2.45) is 0 Å². The van der Waals surface area contributed by atoms with Gasteiger partial charge in [0.1, 0.15) is 0 Å². The second-order valence-electron chi connectivity index (χ2n) is 3.27. The Labute approximate surface area is 92.5 Å². The predicted molar refractivity (Wildman–Crippen MR) is 60.7 cm³/mol. The number of H-pyrrole nitrogens is 1. The average Bonchev–Trinajstić information content (AvgIpc) is 2.61. The third-order valence-corrected chi connectivity index (χ3v) is 3.83. The van der Waals surface area contributed by atoms with Crippen LogP contribution in [0.1, 0.15) is 12.5 Å². The average molecular weight is 244 g/mol. The Balaban J connectivity index is 2.87. The topological polar surface area (TPSA) is 49.9 Å². The lowest BCUT2D eigenvalue weighted by Gasteiger charge is -2.05. The molecule has 0 aliphatic carbocycles. The first-order valence-corrected chi connectivity index (χ1v) is 6.88. The smallest absolute Gasteiger partial charge is 0.261 e. The van der Waals surface area contributed by atoms with Crippen LogP contribution in [0.5, 0.6) is 0 Å². The Morgan fingerprint density at radius 1 is 1.33 bits per heavy atom. The van der Waals surface area contributed by atoms with Crippen molar-refractivity contribution >= 4 is 30.6 Å². The van der Waals surface area contributed by atoms with E-state index >= 15 is 0 Å². The number of rotatable bonds is 2. The van der Waals surface area contributed by atoms with E-state index in [0.717, 1.165) is 16.5 Å². The van der Waals surface area contributed by atoms with Crippen LogP contribution in [-0.2, 0) is 15.5 Å². The maximum Gasteiger partial charge on any atom is 0.261 e. The lowest BCUT2D eigenvalue weighted by atomic mass is 10.1. The van der Waals surface area contributed by atoms with Crippen molar-refractivity contribution in [1.82, 2.24) is 4.98 Å². The van der Waals surface area contributed by atoms with Crippen molar-refractivity contribution in [1.29, 1.82) is 0 Å². The Morgan fingerprint density at radius 2 is 2.07 bits per heavy atom. The minimum Gasteiger partial charge on any atom is -0.361 e. The van der Waals surface area contributed by atoms with Crippen molar-refractivity contribution in [3.8, 4) is 0 Å². The van der Waals surface area contributed by atoms with E-state index in [4.69, 9.17) is 10.7 Å². The lowest BCUT2D eigenvalue weighted by molar-refractivity contribution is 0.609. The second-order valence-corrected chi connectivity index (χ2v) is 5.81. The summed E-state index contributed by atoms with van der Waals surface area (Å²) < 4.78 is 22.7. The van der Waals surface area contributed by atoms with Gasteiger partial charge in [0, 0.05) is 27.8 Å². The van der Waals surface area contributed by atoms with Gasteiger partial charge in [-0.2, -0.15) is 0 Å². The minimum atomic E-state index is -3.66. The van der Waals surface area contributed by atoms with E-state index in [1.165, 1.54) is 0 Å². The molecule has 0 bridgehead atoms. The van der Waals surface area contributed by atoms with Crippen LogP contribution in [-0.4, -0.2) is 13.4 Å². The van der Waals surface area contributed by atoms with Gasteiger partial charge in [-0.05, 0) is 30.2 Å². The summed E-state index contributed by atoms with van der Waals surface area (Å²) in [4.78, 5) is 3.24. The number of aromatic amines is 1. The Kier molecular flexibility index (Phi) is 2.48. The van der Waals surface area contributed by atoms with Crippen LogP contribution < -0.4 is 0 Å². The Hall–Kier alpha value is -1.00. The second kappa shape index (κ2) is 3.54. The van der Waals surface area contributed by atoms with E-state index in [-0.39, 0.29) is 4.90 Å². The molecule has 5 heteroatoms. The third kappa shape index (κ3) is 1.75. The molecule has 0 fully saturated rings. The summed E-state index contributed by atoms with van der Waals surface area (Å²) in [5, 5.41) is 0.916. The van der Waals surface area contributed by atoms with Gasteiger partial charge >= 0.3 is 0 Å². The molecule has 1 aromatic heterocycles. The van der Waals surface area contributed by atoms with Crippen LogP contribution in [0.15, 0.2) is 29.3 Å². The maximum atomic E-state index is 11.3. The lowest BCUT2D eigenvalue weighted by Crippen LogP contribution is -1.97. The fourth-order valence-corrected chi connectivity index (χ4v) is 2.98. The van der Waals surface area contributed by atoms with E-state index in [0.29, 0.717) is 6.42 Å². The molecule has 0 unspecified atom stereocenters. The molecule has 0 amide bonds. The Bertz CT molecular complexity index is 601. The van der Waals surface area contributed by atoms with Crippen LogP contribution in [0, 0.1) is 0 Å². The summed E-state index contributed by atoms with van der Waals surface area (Å²) in [7, 11) is 1.72. The van der Waals surface area contributed by atoms with Crippen LogP contribution in [0.3, 0.4) is 0 Å². The maximum absolute atomic E-state index is 11.3. The summed E-state index contributed by atoms with van der Waals surface area (Å²) in [5.41, 5.74) is 1.69. The molecular formula is C10H10ClNO2S. The highest BCUT2D eigenvalue weighted by Crippen LogP contribution is 2.27. The van der Waals surface area contributed by atoms with Gasteiger partial charge in [0.15, 0.2) is 0 Å². The minimum absolute atomic E-state index is 0.207. The molecule has 0 aliphatic rings. The number of benzene rings is 1. The summed E-state index contributed by atoms with van der Waals surface area (Å²) in [6.07, 6.45) is 2.42.